The quantitative estimate of drug-likeness (QED) is 0.654. The molecule has 1 N–H and O–H groups in total. The molecule has 0 spiro atoms. The SMILES string of the molecule is COC(=O)NC1CCC(C)CC1. The summed E-state index contributed by atoms with van der Waals surface area (Å²) in [7, 11) is 1.40. The lowest BCUT2D eigenvalue weighted by Gasteiger charge is -2.26. The van der Waals surface area contributed by atoms with Crippen molar-refractivity contribution in [2.45, 2.75) is 38.6 Å². The van der Waals surface area contributed by atoms with Crippen LogP contribution in [0, 0.1) is 5.92 Å². The van der Waals surface area contributed by atoms with Crippen molar-refractivity contribution in [2.75, 3.05) is 7.11 Å². The van der Waals surface area contributed by atoms with Crippen LogP contribution in [0.15, 0.2) is 0 Å². The van der Waals surface area contributed by atoms with Gasteiger partial charge in [0.1, 0.15) is 0 Å². The lowest BCUT2D eigenvalue weighted by Crippen LogP contribution is -2.37. The second kappa shape index (κ2) is 4.33. The number of alkyl carbamates (subject to hydrolysis) is 1. The summed E-state index contributed by atoms with van der Waals surface area (Å²) in [4.78, 5) is 10.8. The fraction of sp³-hybridized carbons (Fsp3) is 0.889. The first-order valence-electron chi connectivity index (χ1n) is 4.57. The topological polar surface area (TPSA) is 38.3 Å². The summed E-state index contributed by atoms with van der Waals surface area (Å²) in [5.41, 5.74) is 0. The van der Waals surface area contributed by atoms with Gasteiger partial charge >= 0.3 is 6.09 Å². The van der Waals surface area contributed by atoms with E-state index in [9.17, 15) is 4.79 Å². The molecule has 0 aromatic rings. The number of hydrogen-bond acceptors (Lipinski definition) is 2. The molecule has 1 rings (SSSR count). The molecule has 0 unspecified atom stereocenters. The largest absolute Gasteiger partial charge is 0.453 e. The van der Waals surface area contributed by atoms with Crippen LogP contribution in [0.4, 0.5) is 4.79 Å². The van der Waals surface area contributed by atoms with E-state index >= 15 is 0 Å². The molecule has 3 nitrogen and oxygen atoms in total. The third-order valence-corrected chi connectivity index (χ3v) is 2.52. The third kappa shape index (κ3) is 2.72. The molecule has 1 amide bonds. The van der Waals surface area contributed by atoms with Gasteiger partial charge in [0.15, 0.2) is 0 Å². The van der Waals surface area contributed by atoms with Gasteiger partial charge in [-0.15, -0.1) is 0 Å². The summed E-state index contributed by atoms with van der Waals surface area (Å²) < 4.78 is 4.53. The zero-order valence-electron chi connectivity index (χ0n) is 7.80. The second-order valence-electron chi connectivity index (χ2n) is 3.59. The Bertz CT molecular complexity index is 151. The monoisotopic (exact) mass is 171 g/mol. The number of amides is 1. The smallest absolute Gasteiger partial charge is 0.407 e. The lowest BCUT2D eigenvalue weighted by atomic mass is 9.87. The van der Waals surface area contributed by atoms with Crippen molar-refractivity contribution in [1.29, 1.82) is 0 Å². The minimum atomic E-state index is -0.297. The van der Waals surface area contributed by atoms with Crippen molar-refractivity contribution < 1.29 is 9.53 Å². The summed E-state index contributed by atoms with van der Waals surface area (Å²) in [5.74, 6) is 0.820. The van der Waals surface area contributed by atoms with Gasteiger partial charge in [-0.25, -0.2) is 4.79 Å². The molecule has 0 aromatic carbocycles. The molecule has 0 saturated heterocycles. The molecule has 1 saturated carbocycles. The molecule has 1 aliphatic carbocycles. The van der Waals surface area contributed by atoms with E-state index in [-0.39, 0.29) is 6.09 Å². The molecule has 0 atom stereocenters. The second-order valence-corrected chi connectivity index (χ2v) is 3.59. The first-order valence-corrected chi connectivity index (χ1v) is 4.57. The molecule has 0 bridgehead atoms. The van der Waals surface area contributed by atoms with Crippen molar-refractivity contribution in [3.8, 4) is 0 Å². The van der Waals surface area contributed by atoms with Crippen LogP contribution in [0.2, 0.25) is 0 Å². The van der Waals surface area contributed by atoms with Gasteiger partial charge < -0.3 is 10.1 Å². The van der Waals surface area contributed by atoms with Gasteiger partial charge in [0.05, 0.1) is 7.11 Å². The summed E-state index contributed by atoms with van der Waals surface area (Å²) in [5, 5.41) is 2.83. The highest BCUT2D eigenvalue weighted by Gasteiger charge is 2.19. The van der Waals surface area contributed by atoms with Gasteiger partial charge in [-0.05, 0) is 31.6 Å². The van der Waals surface area contributed by atoms with Crippen LogP contribution in [0.3, 0.4) is 0 Å². The van der Waals surface area contributed by atoms with E-state index in [0.29, 0.717) is 6.04 Å². The molecule has 0 aromatic heterocycles. The Morgan fingerprint density at radius 2 is 1.92 bits per heavy atom. The maximum atomic E-state index is 10.8. The number of ether oxygens (including phenoxy) is 1. The third-order valence-electron chi connectivity index (χ3n) is 2.52. The first kappa shape index (κ1) is 9.36. The maximum Gasteiger partial charge on any atom is 0.407 e. The molecular formula is C9H17NO2. The Labute approximate surface area is 73.5 Å². The van der Waals surface area contributed by atoms with E-state index in [1.807, 2.05) is 0 Å². The number of carbonyl (C=O) groups excluding carboxylic acids is 1. The van der Waals surface area contributed by atoms with Crippen LogP contribution in [-0.4, -0.2) is 19.2 Å². The van der Waals surface area contributed by atoms with Crippen LogP contribution in [0.1, 0.15) is 32.6 Å². The van der Waals surface area contributed by atoms with Crippen LogP contribution >= 0.6 is 0 Å². The van der Waals surface area contributed by atoms with E-state index < -0.39 is 0 Å². The lowest BCUT2D eigenvalue weighted by molar-refractivity contribution is 0.161. The highest BCUT2D eigenvalue weighted by atomic mass is 16.5. The van der Waals surface area contributed by atoms with Crippen LogP contribution < -0.4 is 5.32 Å². The number of carbonyl (C=O) groups is 1. The zero-order chi connectivity index (χ0) is 8.97. The molecular weight excluding hydrogens is 154 g/mol. The number of methoxy groups -OCH3 is 1. The van der Waals surface area contributed by atoms with Gasteiger partial charge in [-0.1, -0.05) is 6.92 Å². The van der Waals surface area contributed by atoms with Crippen molar-refractivity contribution in [2.24, 2.45) is 5.92 Å². The van der Waals surface area contributed by atoms with Gasteiger partial charge in [0, 0.05) is 6.04 Å². The normalized spacial score (nSPS) is 29.5. The molecule has 70 valence electrons. The van der Waals surface area contributed by atoms with Crippen LogP contribution in [-0.2, 0) is 4.74 Å². The molecule has 0 aliphatic heterocycles. The number of nitrogens with one attached hydrogen (secondary N) is 1. The van der Waals surface area contributed by atoms with Crippen molar-refractivity contribution in [3.05, 3.63) is 0 Å². The van der Waals surface area contributed by atoms with Gasteiger partial charge in [0.2, 0.25) is 0 Å². The van der Waals surface area contributed by atoms with E-state index in [4.69, 9.17) is 0 Å². The summed E-state index contributed by atoms with van der Waals surface area (Å²) in [6, 6.07) is 0.341. The number of rotatable bonds is 1. The van der Waals surface area contributed by atoms with Crippen molar-refractivity contribution in [3.63, 3.8) is 0 Å². The molecule has 1 fully saturated rings. The fourth-order valence-electron chi connectivity index (χ4n) is 1.63. The minimum absolute atomic E-state index is 0.297. The highest BCUT2D eigenvalue weighted by Crippen LogP contribution is 2.23. The summed E-state index contributed by atoms with van der Waals surface area (Å²) in [6.07, 6.45) is 4.32. The van der Waals surface area contributed by atoms with E-state index in [1.165, 1.54) is 20.0 Å². The van der Waals surface area contributed by atoms with Gasteiger partial charge in [0.25, 0.3) is 0 Å². The Kier molecular flexibility index (Phi) is 3.38. The van der Waals surface area contributed by atoms with Crippen molar-refractivity contribution >= 4 is 6.09 Å². The predicted octanol–water partition coefficient (Wildman–Crippen LogP) is 1.92. The first-order chi connectivity index (χ1) is 5.72. The van der Waals surface area contributed by atoms with Gasteiger partial charge in [-0.3, -0.25) is 0 Å². The van der Waals surface area contributed by atoms with Crippen molar-refractivity contribution in [1.82, 2.24) is 5.32 Å². The minimum Gasteiger partial charge on any atom is -0.453 e. The fourth-order valence-corrected chi connectivity index (χ4v) is 1.63. The molecule has 0 radical (unpaired) electrons. The standard InChI is InChI=1S/C9H17NO2/c1-7-3-5-8(6-4-7)10-9(11)12-2/h7-8H,3-6H2,1-2H3,(H,10,11). The van der Waals surface area contributed by atoms with E-state index in [2.05, 4.69) is 17.0 Å². The van der Waals surface area contributed by atoms with Crippen LogP contribution in [0.5, 0.6) is 0 Å². The molecule has 3 heteroatoms. The molecule has 12 heavy (non-hydrogen) atoms. The maximum absolute atomic E-state index is 10.8. The van der Waals surface area contributed by atoms with Gasteiger partial charge in [-0.2, -0.15) is 0 Å². The molecule has 1 aliphatic rings. The Morgan fingerprint density at radius 3 is 2.42 bits per heavy atom. The average molecular weight is 171 g/mol. The van der Waals surface area contributed by atoms with E-state index in [1.54, 1.807) is 0 Å². The Balaban J connectivity index is 2.21. The van der Waals surface area contributed by atoms with E-state index in [0.717, 1.165) is 18.8 Å². The zero-order valence-corrected chi connectivity index (χ0v) is 7.80. The highest BCUT2D eigenvalue weighted by molar-refractivity contribution is 5.67. The molecule has 0 heterocycles. The summed E-state index contributed by atoms with van der Waals surface area (Å²) >= 11 is 0. The Hall–Kier alpha value is -0.730. The average Bonchev–Trinajstić information content (AvgIpc) is 2.09. The summed E-state index contributed by atoms with van der Waals surface area (Å²) in [6.45, 7) is 2.26. The van der Waals surface area contributed by atoms with Crippen LogP contribution in [0.25, 0.3) is 0 Å². The predicted molar refractivity (Wildman–Crippen MR) is 47.0 cm³/mol. The Morgan fingerprint density at radius 1 is 1.33 bits per heavy atom. The number of hydrogen-bond donors (Lipinski definition) is 1.